The zero-order valence-corrected chi connectivity index (χ0v) is 14.9. The van der Waals surface area contributed by atoms with Gasteiger partial charge in [-0.3, -0.25) is 4.79 Å². The van der Waals surface area contributed by atoms with Gasteiger partial charge in [0.15, 0.2) is 6.10 Å². The van der Waals surface area contributed by atoms with E-state index < -0.39 is 0 Å². The molecule has 3 aliphatic heterocycles. The Balaban J connectivity index is 1.34. The smallest absolute Gasteiger partial charge is 0.253 e. The molecule has 0 aromatic carbocycles. The van der Waals surface area contributed by atoms with Gasteiger partial charge in [-0.1, -0.05) is 0 Å². The normalized spacial score (nSPS) is 29.1. The molecule has 4 heterocycles. The van der Waals surface area contributed by atoms with Crippen molar-refractivity contribution in [2.75, 3.05) is 32.7 Å². The van der Waals surface area contributed by atoms with Crippen LogP contribution in [0.15, 0.2) is 12.4 Å². The third-order valence-electron chi connectivity index (χ3n) is 6.42. The largest absolute Gasteiger partial charge is 0.352 e. The lowest BCUT2D eigenvalue weighted by molar-refractivity contribution is -0.180. The quantitative estimate of drug-likeness (QED) is 0.836. The molecular weight excluding hydrogens is 316 g/mol. The van der Waals surface area contributed by atoms with Crippen molar-refractivity contribution in [3.05, 3.63) is 18.2 Å². The molecule has 4 aliphatic rings. The minimum atomic E-state index is -0.373. The molecule has 136 valence electrons. The summed E-state index contributed by atoms with van der Waals surface area (Å²) < 4.78 is 8.71. The second-order valence-corrected chi connectivity index (χ2v) is 8.28. The predicted octanol–water partition coefficient (Wildman–Crippen LogP) is 1.61. The fourth-order valence-electron chi connectivity index (χ4n) is 4.77. The minimum Gasteiger partial charge on any atom is -0.352 e. The number of aromatic nitrogens is 2. The lowest BCUT2D eigenvalue weighted by atomic mass is 9.88. The van der Waals surface area contributed by atoms with E-state index in [1.807, 2.05) is 17.3 Å². The van der Waals surface area contributed by atoms with Gasteiger partial charge in [0, 0.05) is 45.1 Å². The Hall–Kier alpha value is -1.40. The van der Waals surface area contributed by atoms with Crippen LogP contribution in [0, 0.1) is 5.92 Å². The lowest BCUT2D eigenvalue weighted by Crippen LogP contribution is -2.54. The molecule has 25 heavy (non-hydrogen) atoms. The maximum Gasteiger partial charge on any atom is 0.253 e. The number of nitrogens with zero attached hydrogens (tertiary/aromatic N) is 4. The number of likely N-dealkylation sites (tertiary alicyclic amines) is 2. The lowest BCUT2D eigenvalue weighted by Gasteiger charge is -2.46. The van der Waals surface area contributed by atoms with E-state index in [1.54, 1.807) is 0 Å². The molecule has 6 heteroatoms. The van der Waals surface area contributed by atoms with Gasteiger partial charge in [0.2, 0.25) is 0 Å². The number of imidazole rings is 1. The van der Waals surface area contributed by atoms with Crippen LogP contribution in [0.25, 0.3) is 0 Å². The number of carbonyl (C=O) groups is 1. The second-order valence-electron chi connectivity index (χ2n) is 8.28. The second kappa shape index (κ2) is 6.09. The molecule has 1 aromatic heterocycles. The molecule has 1 aromatic rings. The first kappa shape index (κ1) is 15.8. The molecule has 3 fully saturated rings. The van der Waals surface area contributed by atoms with Crippen molar-refractivity contribution >= 4 is 5.91 Å². The molecule has 0 N–H and O–H groups in total. The van der Waals surface area contributed by atoms with Gasteiger partial charge in [0.1, 0.15) is 11.4 Å². The van der Waals surface area contributed by atoms with Crippen LogP contribution in [-0.2, 0) is 21.7 Å². The molecule has 1 spiro atoms. The average molecular weight is 344 g/mol. The third-order valence-corrected chi connectivity index (χ3v) is 6.42. The molecule has 0 bridgehead atoms. The van der Waals surface area contributed by atoms with Crippen LogP contribution in [0.2, 0.25) is 0 Å². The zero-order valence-electron chi connectivity index (χ0n) is 14.9. The van der Waals surface area contributed by atoms with Crippen LogP contribution < -0.4 is 0 Å². The van der Waals surface area contributed by atoms with Crippen LogP contribution >= 0.6 is 0 Å². The van der Waals surface area contributed by atoms with E-state index >= 15 is 0 Å². The fraction of sp³-hybridized carbons (Fsp3) is 0.789. The van der Waals surface area contributed by atoms with Crippen molar-refractivity contribution in [2.24, 2.45) is 5.92 Å². The Kier molecular flexibility index (Phi) is 3.86. The number of fused-ring (bicyclic) bond motifs is 2. The number of rotatable bonds is 3. The maximum atomic E-state index is 12.9. The van der Waals surface area contributed by atoms with Gasteiger partial charge in [0.25, 0.3) is 5.91 Å². The van der Waals surface area contributed by atoms with Gasteiger partial charge < -0.3 is 19.1 Å². The average Bonchev–Trinajstić information content (AvgIpc) is 3.11. The van der Waals surface area contributed by atoms with E-state index in [9.17, 15) is 4.79 Å². The van der Waals surface area contributed by atoms with Crippen LogP contribution in [0.5, 0.6) is 0 Å². The summed E-state index contributed by atoms with van der Waals surface area (Å²) in [6.45, 7) is 5.72. The van der Waals surface area contributed by atoms with E-state index in [4.69, 9.17) is 4.74 Å². The maximum absolute atomic E-state index is 12.9. The van der Waals surface area contributed by atoms with Crippen LogP contribution in [0.3, 0.4) is 0 Å². The van der Waals surface area contributed by atoms with E-state index in [1.165, 1.54) is 19.4 Å². The van der Waals surface area contributed by atoms with Crippen molar-refractivity contribution in [3.63, 3.8) is 0 Å². The number of piperidine rings is 1. The molecule has 1 aliphatic carbocycles. The van der Waals surface area contributed by atoms with Crippen molar-refractivity contribution in [1.82, 2.24) is 19.4 Å². The summed E-state index contributed by atoms with van der Waals surface area (Å²) in [6, 6.07) is 0. The highest BCUT2D eigenvalue weighted by Crippen LogP contribution is 2.41. The van der Waals surface area contributed by atoms with Gasteiger partial charge in [-0.2, -0.15) is 0 Å². The van der Waals surface area contributed by atoms with E-state index in [0.29, 0.717) is 6.54 Å². The Morgan fingerprint density at radius 2 is 1.96 bits per heavy atom. The highest BCUT2D eigenvalue weighted by atomic mass is 16.5. The van der Waals surface area contributed by atoms with Gasteiger partial charge >= 0.3 is 0 Å². The fourth-order valence-corrected chi connectivity index (χ4v) is 4.77. The summed E-state index contributed by atoms with van der Waals surface area (Å²) in [5.41, 5.74) is -0.373. The molecule has 1 amide bonds. The van der Waals surface area contributed by atoms with E-state index in [-0.39, 0.29) is 17.6 Å². The van der Waals surface area contributed by atoms with Crippen LogP contribution in [-0.4, -0.2) is 64.1 Å². The highest BCUT2D eigenvalue weighted by molar-refractivity contribution is 5.81. The summed E-state index contributed by atoms with van der Waals surface area (Å²) in [7, 11) is 0. The standard InChI is InChI=1S/C19H28N4O2/c24-17(22-8-1-2-9-22)16-14-23-12-7-20-18(23)19(25-16)5-10-21(11-6-19)13-15-3-4-15/h7,12,15-16H,1-6,8-11,13-14H2/t16-/m1/s1. The summed E-state index contributed by atoms with van der Waals surface area (Å²) in [5, 5.41) is 0. The van der Waals surface area contributed by atoms with Gasteiger partial charge in [0.05, 0.1) is 6.54 Å². The zero-order chi connectivity index (χ0) is 16.9. The van der Waals surface area contributed by atoms with Crippen molar-refractivity contribution in [3.8, 4) is 0 Å². The SMILES string of the molecule is O=C([C@H]1Cn2ccnc2C2(CCN(CC3CC3)CC2)O1)N1CCCC1. The molecule has 0 unspecified atom stereocenters. The van der Waals surface area contributed by atoms with E-state index in [2.05, 4.69) is 14.5 Å². The molecule has 1 atom stereocenters. The van der Waals surface area contributed by atoms with Gasteiger partial charge in [-0.25, -0.2) is 4.98 Å². The van der Waals surface area contributed by atoms with Crippen LogP contribution in [0.4, 0.5) is 0 Å². The van der Waals surface area contributed by atoms with Gasteiger partial charge in [-0.15, -0.1) is 0 Å². The van der Waals surface area contributed by atoms with E-state index in [0.717, 1.165) is 63.6 Å². The predicted molar refractivity (Wildman–Crippen MR) is 93.0 cm³/mol. The summed E-state index contributed by atoms with van der Waals surface area (Å²) in [6.07, 6.45) is 10.5. The summed E-state index contributed by atoms with van der Waals surface area (Å²) >= 11 is 0. The highest BCUT2D eigenvalue weighted by Gasteiger charge is 2.48. The number of carbonyl (C=O) groups excluding carboxylic acids is 1. The molecule has 0 radical (unpaired) electrons. The summed E-state index contributed by atoms with van der Waals surface area (Å²) in [5.74, 6) is 2.13. The number of hydrogen-bond donors (Lipinski definition) is 0. The van der Waals surface area contributed by atoms with Crippen molar-refractivity contribution in [1.29, 1.82) is 0 Å². The Bertz CT molecular complexity index is 640. The molecule has 2 saturated heterocycles. The Morgan fingerprint density at radius 3 is 2.68 bits per heavy atom. The first-order valence-electron chi connectivity index (χ1n) is 9.94. The first-order valence-corrected chi connectivity index (χ1v) is 9.94. The number of amides is 1. The van der Waals surface area contributed by atoms with Gasteiger partial charge in [-0.05, 0) is 44.4 Å². The molecule has 1 saturated carbocycles. The number of hydrogen-bond acceptors (Lipinski definition) is 4. The molecule has 5 rings (SSSR count). The monoisotopic (exact) mass is 344 g/mol. The Morgan fingerprint density at radius 1 is 1.20 bits per heavy atom. The van der Waals surface area contributed by atoms with Crippen molar-refractivity contribution < 1.29 is 9.53 Å². The summed E-state index contributed by atoms with van der Waals surface area (Å²) in [4.78, 5) is 22.1. The number of ether oxygens (including phenoxy) is 1. The first-order chi connectivity index (χ1) is 12.2. The minimum absolute atomic E-state index is 0.177. The molecule has 6 nitrogen and oxygen atoms in total. The molecular formula is C19H28N4O2. The van der Waals surface area contributed by atoms with Crippen molar-refractivity contribution in [2.45, 2.75) is 56.8 Å². The van der Waals surface area contributed by atoms with Crippen LogP contribution in [0.1, 0.15) is 44.3 Å². The third kappa shape index (κ3) is 2.89. The Labute approximate surface area is 149 Å². The topological polar surface area (TPSA) is 50.6 Å².